The van der Waals surface area contributed by atoms with Crippen molar-refractivity contribution in [1.82, 2.24) is 0 Å². The zero-order valence-corrected chi connectivity index (χ0v) is 58.4. The number of halogens is 6. The van der Waals surface area contributed by atoms with Gasteiger partial charge in [-0.15, -0.1) is 74.4 Å². The summed E-state index contributed by atoms with van der Waals surface area (Å²) in [5.74, 6) is -5.79. The van der Waals surface area contributed by atoms with Crippen molar-refractivity contribution in [1.29, 1.82) is 0 Å². The van der Waals surface area contributed by atoms with Crippen molar-refractivity contribution in [2.75, 3.05) is 52.5 Å². The van der Waals surface area contributed by atoms with Crippen LogP contribution in [0.3, 0.4) is 0 Å². The van der Waals surface area contributed by atoms with Crippen LogP contribution in [0.25, 0.3) is 0 Å². The van der Waals surface area contributed by atoms with Crippen molar-refractivity contribution < 1.29 is 81.6 Å². The second kappa shape index (κ2) is 58.2. The van der Waals surface area contributed by atoms with Crippen LogP contribution in [0.4, 0.5) is 0 Å². The molecular weight excluding hydrogens is 1390 g/mol. The third-order valence-corrected chi connectivity index (χ3v) is 13.4. The van der Waals surface area contributed by atoms with Gasteiger partial charge in [0.25, 0.3) is 0 Å². The molecule has 0 saturated carbocycles. The topological polar surface area (TPSA) is 612 Å². The summed E-state index contributed by atoms with van der Waals surface area (Å²) in [6.07, 6.45) is -12.0. The molecule has 2 heterocycles. The van der Waals surface area contributed by atoms with Crippen molar-refractivity contribution in [2.45, 2.75) is 216 Å². The maximum absolute atomic E-state index is 14.1. The number of esters is 6. The third-order valence-electron chi connectivity index (χ3n) is 13.4. The van der Waals surface area contributed by atoms with Crippen LogP contribution >= 0.6 is 74.4 Å². The molecule has 95 heavy (non-hydrogen) atoms. The number of nitrogens with two attached hydrogens (primary N) is 12. The Bertz CT molecular complexity index is 2170. The van der Waals surface area contributed by atoms with Crippen LogP contribution in [0, 0.1) is 0 Å². The smallest absolute Gasteiger partial charge is 0.306 e. The van der Waals surface area contributed by atoms with Crippen LogP contribution in [-0.2, 0) is 71.4 Å². The Kier molecular flexibility index (Phi) is 59.8. The van der Waals surface area contributed by atoms with Crippen molar-refractivity contribution >= 4 is 146 Å². The number of aliphatic hydroxyl groups excluding tert-OH is 2. The van der Waals surface area contributed by atoms with Crippen LogP contribution < -0.4 is 68.8 Å². The molecular formula is C54H106Cl6N18O17. The number of guanidine groups is 6. The van der Waals surface area contributed by atoms with Crippen LogP contribution in [0.1, 0.15) is 154 Å². The van der Waals surface area contributed by atoms with Gasteiger partial charge in [-0.3, -0.25) is 58.7 Å². The standard InChI is InChI=1S/C54H100N18O17.6ClH/c55-49(56)67-25-13-1-7-19-35(75)83-41-33(31-73)81-47(45(87-39(79)23-11-5-17-29-71-53(63)64)43(41)85-37(77)21-9-3-15-27-69-51(59)60)89-48-46(88-40(80)24-12-6-18-30-72-54(65)66)44(86-38(78)22-10-4-16-28-70-52(61)62)42(34(32-74)82-48)84-36(76)20-8-2-14-26-68-50(57)58;;;;;;/h33-34,41-48,73-74H,1-32H2,(H4,55,56,67)(H4,57,58,68)(H4,59,60,69)(H4,61,62,70)(H4,63,64,71)(H4,65,66,72);6*1H. The molecule has 2 rings (SSSR count). The number of ether oxygens (including phenoxy) is 9. The minimum atomic E-state index is -2.00. The monoisotopic (exact) mass is 1490 g/mol. The molecule has 10 atom stereocenters. The summed E-state index contributed by atoms with van der Waals surface area (Å²) in [6, 6.07) is 0. The predicted octanol–water partition coefficient (Wildman–Crippen LogP) is -0.558. The van der Waals surface area contributed by atoms with E-state index in [1.807, 2.05) is 0 Å². The fraction of sp³-hybridized carbons (Fsp3) is 0.778. The maximum atomic E-state index is 14.1. The number of nitrogens with zero attached hydrogens (tertiary/aromatic N) is 6. The summed E-state index contributed by atoms with van der Waals surface area (Å²) >= 11 is 0. The average Bonchev–Trinajstić information content (AvgIpc) is 0.773. The van der Waals surface area contributed by atoms with Gasteiger partial charge in [-0.2, -0.15) is 0 Å². The Hall–Kier alpha value is -6.02. The van der Waals surface area contributed by atoms with Crippen LogP contribution in [-0.4, -0.2) is 196 Å². The van der Waals surface area contributed by atoms with Gasteiger partial charge in [0.2, 0.25) is 12.6 Å². The summed E-state index contributed by atoms with van der Waals surface area (Å²) in [7, 11) is 0. The summed E-state index contributed by atoms with van der Waals surface area (Å²) in [6.45, 7) is -0.191. The Morgan fingerprint density at radius 1 is 0.274 bits per heavy atom. The number of unbranched alkanes of at least 4 members (excludes halogenated alkanes) is 12. The van der Waals surface area contributed by atoms with Crippen molar-refractivity contribution in [3.63, 3.8) is 0 Å². The Labute approximate surface area is 591 Å². The van der Waals surface area contributed by atoms with E-state index < -0.39 is 110 Å². The molecule has 0 radical (unpaired) electrons. The molecule has 556 valence electrons. The third kappa shape index (κ3) is 45.2. The van der Waals surface area contributed by atoms with Crippen LogP contribution in [0.5, 0.6) is 0 Å². The summed E-state index contributed by atoms with van der Waals surface area (Å²) in [5.41, 5.74) is 65.6. The normalized spacial score (nSPS) is 19.8. The zero-order valence-electron chi connectivity index (χ0n) is 53.5. The van der Waals surface area contributed by atoms with Gasteiger partial charge in [0, 0.05) is 77.8 Å². The van der Waals surface area contributed by atoms with Gasteiger partial charge >= 0.3 is 35.8 Å². The van der Waals surface area contributed by atoms with E-state index in [9.17, 15) is 39.0 Å². The van der Waals surface area contributed by atoms with Gasteiger partial charge in [0.1, 0.15) is 12.2 Å². The van der Waals surface area contributed by atoms with Crippen molar-refractivity contribution in [2.24, 2.45) is 98.8 Å². The fourth-order valence-electron chi connectivity index (χ4n) is 9.07. The van der Waals surface area contributed by atoms with E-state index >= 15 is 0 Å². The molecule has 0 aromatic heterocycles. The molecule has 2 aliphatic heterocycles. The number of carbonyl (C=O) groups is 6. The molecule has 0 amide bonds. The van der Waals surface area contributed by atoms with Gasteiger partial charge in [-0.05, 0) is 77.0 Å². The van der Waals surface area contributed by atoms with E-state index in [1.54, 1.807) is 0 Å². The van der Waals surface area contributed by atoms with Gasteiger partial charge in [0.05, 0.1) is 13.2 Å². The van der Waals surface area contributed by atoms with E-state index in [4.69, 9.17) is 111 Å². The molecule has 0 bridgehead atoms. The predicted molar refractivity (Wildman–Crippen MR) is 370 cm³/mol. The quantitative estimate of drug-likeness (QED) is 0.0119. The molecule has 2 fully saturated rings. The molecule has 0 aliphatic carbocycles. The number of rotatable bonds is 46. The Balaban J connectivity index is -0.00000450. The molecule has 0 aromatic rings. The lowest BCUT2D eigenvalue weighted by atomic mass is 9.96. The molecule has 41 heteroatoms. The first-order chi connectivity index (χ1) is 42.5. The molecule has 0 spiro atoms. The van der Waals surface area contributed by atoms with Crippen LogP contribution in [0.2, 0.25) is 0 Å². The second-order valence-corrected chi connectivity index (χ2v) is 21.0. The van der Waals surface area contributed by atoms with E-state index in [-0.39, 0.29) is 201 Å². The first-order valence-corrected chi connectivity index (χ1v) is 30.2. The van der Waals surface area contributed by atoms with Crippen molar-refractivity contribution in [3.8, 4) is 0 Å². The van der Waals surface area contributed by atoms with E-state index in [2.05, 4.69) is 30.0 Å². The molecule has 26 N–H and O–H groups in total. The first-order valence-electron chi connectivity index (χ1n) is 30.2. The van der Waals surface area contributed by atoms with Gasteiger partial charge in [0.15, 0.2) is 72.4 Å². The molecule has 35 nitrogen and oxygen atoms in total. The lowest BCUT2D eigenvalue weighted by Crippen LogP contribution is -2.67. The van der Waals surface area contributed by atoms with E-state index in [0.717, 1.165) is 0 Å². The highest BCUT2D eigenvalue weighted by molar-refractivity contribution is 5.86. The fourth-order valence-corrected chi connectivity index (χ4v) is 9.07. The molecule has 2 saturated heterocycles. The highest BCUT2D eigenvalue weighted by Crippen LogP contribution is 2.36. The number of carbonyl (C=O) groups excluding carboxylic acids is 6. The molecule has 2 aliphatic rings. The number of hydrogen-bond acceptors (Lipinski definition) is 23. The molecule has 0 aromatic carbocycles. The molecule has 10 unspecified atom stereocenters. The van der Waals surface area contributed by atoms with E-state index in [1.165, 1.54) is 0 Å². The minimum absolute atomic E-state index is 0. The van der Waals surface area contributed by atoms with Crippen LogP contribution in [0.15, 0.2) is 30.0 Å². The Morgan fingerprint density at radius 2 is 0.453 bits per heavy atom. The summed E-state index contributed by atoms with van der Waals surface area (Å²) in [4.78, 5) is 107. The summed E-state index contributed by atoms with van der Waals surface area (Å²) < 4.78 is 55.6. The first kappa shape index (κ1) is 97.7. The van der Waals surface area contributed by atoms with E-state index in [0.29, 0.717) is 103 Å². The van der Waals surface area contributed by atoms with Gasteiger partial charge in [-0.25, -0.2) is 0 Å². The lowest BCUT2D eigenvalue weighted by Gasteiger charge is -2.48. The summed E-state index contributed by atoms with van der Waals surface area (Å²) in [5, 5.41) is 22.1. The number of aliphatic imine (C=N–C) groups is 6. The highest BCUT2D eigenvalue weighted by atomic mass is 35.5. The average molecular weight is 1490 g/mol. The SMILES string of the molecule is Cl.Cl.Cl.Cl.Cl.Cl.NC(N)=NCCCCCC(=O)OC1C(CO)OC(OC2OC(CO)C(OC(=O)CCCCCN=C(N)N)C(OC(=O)CCCCCN=C(N)N)C2OC(=O)CCCCCN=C(N)N)C(OC(=O)CCCCCN=C(N)N)C1OC(=O)CCCCCN=C(N)N. The number of aliphatic hydroxyl groups is 2. The van der Waals surface area contributed by atoms with Gasteiger partial charge in [-0.1, -0.05) is 38.5 Å². The minimum Gasteiger partial charge on any atom is -0.455 e. The van der Waals surface area contributed by atoms with Gasteiger partial charge < -0.3 is 122 Å². The second-order valence-electron chi connectivity index (χ2n) is 21.0. The maximum Gasteiger partial charge on any atom is 0.306 e. The lowest BCUT2D eigenvalue weighted by molar-refractivity contribution is -0.378. The zero-order chi connectivity index (χ0) is 65.9. The largest absolute Gasteiger partial charge is 0.455 e. The van der Waals surface area contributed by atoms with Crippen molar-refractivity contribution in [3.05, 3.63) is 0 Å². The Morgan fingerprint density at radius 3 is 0.632 bits per heavy atom. The number of hydrogen-bond donors (Lipinski definition) is 14. The highest BCUT2D eigenvalue weighted by Gasteiger charge is 2.58.